The van der Waals surface area contributed by atoms with Gasteiger partial charge in [0.05, 0.1) is 11.9 Å². The van der Waals surface area contributed by atoms with Crippen molar-refractivity contribution in [3.8, 4) is 0 Å². The molecule has 1 aliphatic carbocycles. The highest BCUT2D eigenvalue weighted by Crippen LogP contribution is 2.18. The Bertz CT molecular complexity index is 250. The van der Waals surface area contributed by atoms with E-state index >= 15 is 0 Å². The molecule has 13 heavy (non-hydrogen) atoms. The van der Waals surface area contributed by atoms with Gasteiger partial charge in [0.1, 0.15) is 0 Å². The van der Waals surface area contributed by atoms with E-state index in [2.05, 4.69) is 4.72 Å². The van der Waals surface area contributed by atoms with Crippen LogP contribution in [-0.2, 0) is 10.0 Å². The third kappa shape index (κ3) is 3.62. The molecule has 0 radical (unpaired) electrons. The summed E-state index contributed by atoms with van der Waals surface area (Å²) in [4.78, 5) is 0. The monoisotopic (exact) mass is 207 g/mol. The predicted octanol–water partition coefficient (Wildman–Crippen LogP) is 0.229. The van der Waals surface area contributed by atoms with Gasteiger partial charge in [0, 0.05) is 6.04 Å². The SMILES string of the molecule is CCS(=O)(=O)NC1CCCC(O)C1. The lowest BCUT2D eigenvalue weighted by atomic mass is 9.94. The summed E-state index contributed by atoms with van der Waals surface area (Å²) in [6.07, 6.45) is 2.76. The van der Waals surface area contributed by atoms with Gasteiger partial charge in [-0.25, -0.2) is 13.1 Å². The van der Waals surface area contributed by atoms with Gasteiger partial charge < -0.3 is 5.11 Å². The largest absolute Gasteiger partial charge is 0.393 e. The summed E-state index contributed by atoms with van der Waals surface area (Å²) < 4.78 is 25.0. The van der Waals surface area contributed by atoms with Crippen molar-refractivity contribution in [3.63, 3.8) is 0 Å². The van der Waals surface area contributed by atoms with Crippen molar-refractivity contribution in [1.29, 1.82) is 0 Å². The predicted molar refractivity (Wildman–Crippen MR) is 50.9 cm³/mol. The summed E-state index contributed by atoms with van der Waals surface area (Å²) in [5.41, 5.74) is 0. The molecule has 2 N–H and O–H groups in total. The van der Waals surface area contributed by atoms with Gasteiger partial charge in [-0.2, -0.15) is 0 Å². The number of rotatable bonds is 3. The molecule has 0 spiro atoms. The molecule has 1 saturated carbocycles. The number of aliphatic hydroxyl groups is 1. The third-order valence-electron chi connectivity index (χ3n) is 2.37. The normalized spacial score (nSPS) is 30.3. The van der Waals surface area contributed by atoms with Gasteiger partial charge in [-0.05, 0) is 32.6 Å². The minimum atomic E-state index is -3.10. The Morgan fingerprint density at radius 3 is 2.69 bits per heavy atom. The Balaban J connectivity index is 2.45. The fraction of sp³-hybridized carbons (Fsp3) is 1.00. The average Bonchev–Trinajstić information content (AvgIpc) is 2.03. The molecule has 0 amide bonds. The fourth-order valence-corrected chi connectivity index (χ4v) is 2.50. The van der Waals surface area contributed by atoms with Gasteiger partial charge in [0.2, 0.25) is 10.0 Å². The van der Waals surface area contributed by atoms with E-state index in [4.69, 9.17) is 0 Å². The van der Waals surface area contributed by atoms with Crippen molar-refractivity contribution in [2.45, 2.75) is 44.8 Å². The van der Waals surface area contributed by atoms with Crippen LogP contribution in [0.4, 0.5) is 0 Å². The lowest BCUT2D eigenvalue weighted by Crippen LogP contribution is -2.40. The molecular formula is C8H17NO3S. The Kier molecular flexibility index (Phi) is 3.70. The first kappa shape index (κ1) is 10.9. The minimum Gasteiger partial charge on any atom is -0.393 e. The molecule has 0 aromatic rings. The van der Waals surface area contributed by atoms with Crippen LogP contribution >= 0.6 is 0 Å². The van der Waals surface area contributed by atoms with Crippen LogP contribution in [0.25, 0.3) is 0 Å². The van der Waals surface area contributed by atoms with E-state index in [1.807, 2.05) is 0 Å². The summed E-state index contributed by atoms with van der Waals surface area (Å²) >= 11 is 0. The highest BCUT2D eigenvalue weighted by atomic mass is 32.2. The van der Waals surface area contributed by atoms with Crippen LogP contribution in [0, 0.1) is 0 Å². The minimum absolute atomic E-state index is 0.0614. The molecule has 1 fully saturated rings. The standard InChI is InChI=1S/C8H17NO3S/c1-2-13(11,12)9-7-4-3-5-8(10)6-7/h7-10H,2-6H2,1H3. The van der Waals surface area contributed by atoms with Crippen LogP contribution in [0.15, 0.2) is 0 Å². The topological polar surface area (TPSA) is 66.4 Å². The Labute approximate surface area is 79.4 Å². The van der Waals surface area contributed by atoms with Crippen molar-refractivity contribution < 1.29 is 13.5 Å². The zero-order valence-corrected chi connectivity index (χ0v) is 8.68. The maximum atomic E-state index is 11.2. The summed E-state index contributed by atoms with van der Waals surface area (Å²) in [6, 6.07) is -0.0614. The Morgan fingerprint density at radius 2 is 2.15 bits per heavy atom. The van der Waals surface area contributed by atoms with Crippen molar-refractivity contribution in [1.82, 2.24) is 4.72 Å². The van der Waals surface area contributed by atoms with Crippen molar-refractivity contribution in [3.05, 3.63) is 0 Å². The van der Waals surface area contributed by atoms with E-state index in [0.29, 0.717) is 6.42 Å². The molecule has 0 aromatic heterocycles. The molecule has 78 valence electrons. The molecule has 5 heteroatoms. The van der Waals surface area contributed by atoms with E-state index in [9.17, 15) is 13.5 Å². The molecule has 1 rings (SSSR count). The van der Waals surface area contributed by atoms with Gasteiger partial charge in [-0.3, -0.25) is 0 Å². The molecule has 4 nitrogen and oxygen atoms in total. The van der Waals surface area contributed by atoms with Gasteiger partial charge in [-0.15, -0.1) is 0 Å². The van der Waals surface area contributed by atoms with E-state index in [1.165, 1.54) is 0 Å². The summed E-state index contributed by atoms with van der Waals surface area (Å²) in [7, 11) is -3.10. The van der Waals surface area contributed by atoms with Crippen LogP contribution < -0.4 is 4.72 Å². The number of hydrogen-bond donors (Lipinski definition) is 2. The van der Waals surface area contributed by atoms with E-state index < -0.39 is 10.0 Å². The number of sulfonamides is 1. The zero-order valence-electron chi connectivity index (χ0n) is 7.86. The average molecular weight is 207 g/mol. The van der Waals surface area contributed by atoms with E-state index in [-0.39, 0.29) is 17.9 Å². The van der Waals surface area contributed by atoms with Crippen molar-refractivity contribution in [2.75, 3.05) is 5.75 Å². The zero-order chi connectivity index (χ0) is 9.90. The Morgan fingerprint density at radius 1 is 1.46 bits per heavy atom. The Hall–Kier alpha value is -0.130. The lowest BCUT2D eigenvalue weighted by molar-refractivity contribution is 0.117. The molecule has 2 atom stereocenters. The van der Waals surface area contributed by atoms with Gasteiger partial charge in [-0.1, -0.05) is 0 Å². The molecule has 2 unspecified atom stereocenters. The summed E-state index contributed by atoms with van der Waals surface area (Å²) in [6.45, 7) is 1.61. The maximum absolute atomic E-state index is 11.2. The molecule has 0 heterocycles. The second-order valence-electron chi connectivity index (χ2n) is 3.54. The second-order valence-corrected chi connectivity index (χ2v) is 5.58. The number of aliphatic hydroxyl groups excluding tert-OH is 1. The first-order chi connectivity index (χ1) is 6.03. The third-order valence-corrected chi connectivity index (χ3v) is 3.83. The van der Waals surface area contributed by atoms with Crippen molar-refractivity contribution >= 4 is 10.0 Å². The molecule has 1 aliphatic rings. The molecule has 0 bridgehead atoms. The second kappa shape index (κ2) is 4.39. The fourth-order valence-electron chi connectivity index (χ4n) is 1.61. The number of nitrogens with one attached hydrogen (secondary N) is 1. The maximum Gasteiger partial charge on any atom is 0.211 e. The highest BCUT2D eigenvalue weighted by Gasteiger charge is 2.23. The van der Waals surface area contributed by atoms with E-state index in [0.717, 1.165) is 19.3 Å². The van der Waals surface area contributed by atoms with E-state index in [1.54, 1.807) is 6.92 Å². The van der Waals surface area contributed by atoms with Crippen LogP contribution in [-0.4, -0.2) is 31.4 Å². The van der Waals surface area contributed by atoms with Crippen LogP contribution in [0.2, 0.25) is 0 Å². The smallest absolute Gasteiger partial charge is 0.211 e. The van der Waals surface area contributed by atoms with Crippen molar-refractivity contribution in [2.24, 2.45) is 0 Å². The van der Waals surface area contributed by atoms with Gasteiger partial charge in [0.25, 0.3) is 0 Å². The molecule has 0 saturated heterocycles. The van der Waals surface area contributed by atoms with Crippen LogP contribution in [0.5, 0.6) is 0 Å². The quantitative estimate of drug-likeness (QED) is 0.696. The first-order valence-corrected chi connectivity index (χ1v) is 6.37. The van der Waals surface area contributed by atoms with Crippen LogP contribution in [0.3, 0.4) is 0 Å². The lowest BCUT2D eigenvalue weighted by Gasteiger charge is -2.26. The molecular weight excluding hydrogens is 190 g/mol. The number of hydrogen-bond acceptors (Lipinski definition) is 3. The first-order valence-electron chi connectivity index (χ1n) is 4.71. The van der Waals surface area contributed by atoms with Crippen LogP contribution in [0.1, 0.15) is 32.6 Å². The summed E-state index contributed by atoms with van der Waals surface area (Å²) in [5, 5.41) is 9.31. The molecule has 0 aromatic carbocycles. The summed E-state index contributed by atoms with van der Waals surface area (Å²) in [5.74, 6) is 0.111. The molecule has 0 aliphatic heterocycles. The highest BCUT2D eigenvalue weighted by molar-refractivity contribution is 7.89. The van der Waals surface area contributed by atoms with Gasteiger partial charge in [0.15, 0.2) is 0 Å². The van der Waals surface area contributed by atoms with Gasteiger partial charge >= 0.3 is 0 Å².